The highest BCUT2D eigenvalue weighted by Gasteiger charge is 2.19. The number of hydrogen-bond acceptors (Lipinski definition) is 4. The topological polar surface area (TPSA) is 37.8 Å². The molecule has 0 fully saturated rings. The van der Waals surface area contributed by atoms with E-state index in [9.17, 15) is 0 Å². The van der Waals surface area contributed by atoms with Crippen molar-refractivity contribution >= 4 is 39.1 Å². The number of nitrogens with zero attached hydrogens (tertiary/aromatic N) is 2. The third-order valence-electron chi connectivity index (χ3n) is 3.83. The molecule has 0 aliphatic heterocycles. The van der Waals surface area contributed by atoms with Crippen LogP contribution in [0.4, 0.5) is 5.95 Å². The smallest absolute Gasteiger partial charge is 0.225 e. The van der Waals surface area contributed by atoms with Crippen LogP contribution in [0.25, 0.3) is 10.2 Å². The van der Waals surface area contributed by atoms with Crippen LogP contribution >= 0.6 is 22.9 Å². The van der Waals surface area contributed by atoms with Gasteiger partial charge in [0.25, 0.3) is 0 Å². The van der Waals surface area contributed by atoms with Crippen molar-refractivity contribution in [1.82, 2.24) is 9.97 Å². The molecular formula is C15H20ClN3S. The van der Waals surface area contributed by atoms with Crippen LogP contribution in [0.3, 0.4) is 0 Å². The number of nitrogens with one attached hydrogen (secondary N) is 1. The molecule has 5 heteroatoms. The highest BCUT2D eigenvalue weighted by Crippen LogP contribution is 2.38. The Morgan fingerprint density at radius 2 is 2.05 bits per heavy atom. The molecular weight excluding hydrogens is 290 g/mol. The van der Waals surface area contributed by atoms with Gasteiger partial charge in [0.2, 0.25) is 5.95 Å². The van der Waals surface area contributed by atoms with Crippen molar-refractivity contribution in [1.29, 1.82) is 0 Å². The van der Waals surface area contributed by atoms with Crippen LogP contribution in [-0.2, 0) is 12.8 Å². The predicted molar refractivity (Wildman–Crippen MR) is 87.1 cm³/mol. The quantitative estimate of drug-likeness (QED) is 0.499. The molecule has 1 aliphatic carbocycles. The van der Waals surface area contributed by atoms with Crippen molar-refractivity contribution in [3.63, 3.8) is 0 Å². The summed E-state index contributed by atoms with van der Waals surface area (Å²) in [6.45, 7) is 3.08. The molecule has 0 aromatic carbocycles. The van der Waals surface area contributed by atoms with E-state index in [2.05, 4.69) is 22.2 Å². The molecule has 0 saturated carbocycles. The molecule has 2 aromatic rings. The number of aryl methyl sites for hydroxylation is 2. The van der Waals surface area contributed by atoms with E-state index in [1.807, 2.05) is 0 Å². The van der Waals surface area contributed by atoms with Gasteiger partial charge in [0.1, 0.15) is 9.98 Å². The van der Waals surface area contributed by atoms with Gasteiger partial charge in [-0.25, -0.2) is 9.97 Å². The number of halogens is 1. The fourth-order valence-corrected chi connectivity index (χ4v) is 4.35. The highest BCUT2D eigenvalue weighted by atomic mass is 35.5. The standard InChI is InChI=1S/C15H20ClN3S/c1-2-3-9-17-15-18-13(16)12-10-7-5-4-6-8-11(10)20-14(12)19-15/h2-9H2,1H3,(H,17,18,19). The molecule has 108 valence electrons. The monoisotopic (exact) mass is 309 g/mol. The predicted octanol–water partition coefficient (Wildman–Crippen LogP) is 4.83. The van der Waals surface area contributed by atoms with Gasteiger partial charge in [-0.3, -0.25) is 0 Å². The Labute approximate surface area is 128 Å². The summed E-state index contributed by atoms with van der Waals surface area (Å²) >= 11 is 8.23. The zero-order valence-electron chi connectivity index (χ0n) is 11.8. The normalized spacial score (nSPS) is 15.1. The number of fused-ring (bicyclic) bond motifs is 3. The summed E-state index contributed by atoms with van der Waals surface area (Å²) in [4.78, 5) is 11.6. The molecule has 0 radical (unpaired) electrons. The van der Waals surface area contributed by atoms with E-state index in [1.165, 1.54) is 36.1 Å². The molecule has 2 aromatic heterocycles. The first kappa shape index (κ1) is 14.1. The van der Waals surface area contributed by atoms with Gasteiger partial charge in [-0.15, -0.1) is 11.3 Å². The molecule has 1 N–H and O–H groups in total. The van der Waals surface area contributed by atoms with E-state index in [-0.39, 0.29) is 0 Å². The number of thiophene rings is 1. The van der Waals surface area contributed by atoms with Crippen molar-refractivity contribution in [2.45, 2.75) is 51.9 Å². The van der Waals surface area contributed by atoms with Crippen molar-refractivity contribution in [2.24, 2.45) is 0 Å². The Balaban J connectivity index is 1.96. The molecule has 3 rings (SSSR count). The van der Waals surface area contributed by atoms with Crippen molar-refractivity contribution in [2.75, 3.05) is 11.9 Å². The van der Waals surface area contributed by atoms with Gasteiger partial charge in [-0.05, 0) is 37.7 Å². The summed E-state index contributed by atoms with van der Waals surface area (Å²) in [5, 5.41) is 5.00. The lowest BCUT2D eigenvalue weighted by atomic mass is 10.1. The Kier molecular flexibility index (Phi) is 4.41. The number of rotatable bonds is 4. The molecule has 0 bridgehead atoms. The Hall–Kier alpha value is -0.870. The van der Waals surface area contributed by atoms with E-state index in [1.54, 1.807) is 11.3 Å². The maximum Gasteiger partial charge on any atom is 0.225 e. The minimum Gasteiger partial charge on any atom is -0.354 e. The van der Waals surface area contributed by atoms with E-state index in [4.69, 9.17) is 11.6 Å². The lowest BCUT2D eigenvalue weighted by Gasteiger charge is -2.05. The van der Waals surface area contributed by atoms with Gasteiger partial charge in [0, 0.05) is 11.4 Å². The third kappa shape index (κ3) is 2.77. The maximum absolute atomic E-state index is 6.42. The van der Waals surface area contributed by atoms with Crippen LogP contribution in [0.2, 0.25) is 5.15 Å². The molecule has 0 saturated heterocycles. The number of aromatic nitrogens is 2. The average Bonchev–Trinajstić information content (AvgIpc) is 2.62. The van der Waals surface area contributed by atoms with Crippen molar-refractivity contribution in [3.05, 3.63) is 15.6 Å². The fourth-order valence-electron chi connectivity index (χ4n) is 2.75. The zero-order chi connectivity index (χ0) is 13.9. The third-order valence-corrected chi connectivity index (χ3v) is 5.29. The summed E-state index contributed by atoms with van der Waals surface area (Å²) in [6.07, 6.45) is 8.44. The summed E-state index contributed by atoms with van der Waals surface area (Å²) in [5.41, 5.74) is 1.41. The number of hydrogen-bond donors (Lipinski definition) is 1. The molecule has 0 atom stereocenters. The number of unbranched alkanes of at least 4 members (excludes halogenated alkanes) is 1. The average molecular weight is 310 g/mol. The van der Waals surface area contributed by atoms with E-state index in [0.717, 1.165) is 36.0 Å². The lowest BCUT2D eigenvalue weighted by molar-refractivity contribution is 0.713. The van der Waals surface area contributed by atoms with Crippen LogP contribution < -0.4 is 5.32 Å². The van der Waals surface area contributed by atoms with E-state index < -0.39 is 0 Å². The number of anilines is 1. The van der Waals surface area contributed by atoms with E-state index >= 15 is 0 Å². The molecule has 0 unspecified atom stereocenters. The summed E-state index contributed by atoms with van der Waals surface area (Å²) in [7, 11) is 0. The molecule has 3 nitrogen and oxygen atoms in total. The molecule has 0 amide bonds. The van der Waals surface area contributed by atoms with Crippen LogP contribution in [-0.4, -0.2) is 16.5 Å². The first-order chi connectivity index (χ1) is 9.79. The van der Waals surface area contributed by atoms with Crippen LogP contribution in [0.15, 0.2) is 0 Å². The maximum atomic E-state index is 6.42. The fraction of sp³-hybridized carbons (Fsp3) is 0.600. The van der Waals surface area contributed by atoms with Crippen LogP contribution in [0, 0.1) is 0 Å². The second-order valence-corrected chi connectivity index (χ2v) is 6.80. The molecule has 0 spiro atoms. The van der Waals surface area contributed by atoms with Crippen molar-refractivity contribution in [3.8, 4) is 0 Å². The second-order valence-electron chi connectivity index (χ2n) is 5.36. The lowest BCUT2D eigenvalue weighted by Crippen LogP contribution is -2.05. The van der Waals surface area contributed by atoms with Gasteiger partial charge >= 0.3 is 0 Å². The van der Waals surface area contributed by atoms with Gasteiger partial charge in [-0.1, -0.05) is 31.4 Å². The SMILES string of the molecule is CCCCNc1nc(Cl)c2c3c(sc2n1)CCCCC3. The zero-order valence-corrected chi connectivity index (χ0v) is 13.4. The largest absolute Gasteiger partial charge is 0.354 e. The van der Waals surface area contributed by atoms with Gasteiger partial charge in [0.05, 0.1) is 5.39 Å². The molecule has 1 aliphatic rings. The van der Waals surface area contributed by atoms with Crippen molar-refractivity contribution < 1.29 is 0 Å². The summed E-state index contributed by atoms with van der Waals surface area (Å²) in [6, 6.07) is 0. The second kappa shape index (κ2) is 6.27. The van der Waals surface area contributed by atoms with E-state index in [0.29, 0.717) is 11.1 Å². The highest BCUT2D eigenvalue weighted by molar-refractivity contribution is 7.19. The Bertz CT molecular complexity index is 609. The minimum atomic E-state index is 0.619. The van der Waals surface area contributed by atoms with Gasteiger partial charge < -0.3 is 5.32 Å². The van der Waals surface area contributed by atoms with Gasteiger partial charge in [-0.2, -0.15) is 0 Å². The first-order valence-electron chi connectivity index (χ1n) is 7.51. The van der Waals surface area contributed by atoms with Crippen LogP contribution in [0.5, 0.6) is 0 Å². The summed E-state index contributed by atoms with van der Waals surface area (Å²) in [5.74, 6) is 0.673. The molecule has 20 heavy (non-hydrogen) atoms. The first-order valence-corrected chi connectivity index (χ1v) is 8.70. The summed E-state index contributed by atoms with van der Waals surface area (Å²) < 4.78 is 0. The Morgan fingerprint density at radius 1 is 1.20 bits per heavy atom. The van der Waals surface area contributed by atoms with Crippen LogP contribution in [0.1, 0.15) is 49.5 Å². The minimum absolute atomic E-state index is 0.619. The Morgan fingerprint density at radius 3 is 2.90 bits per heavy atom. The molecule has 2 heterocycles. The van der Waals surface area contributed by atoms with Gasteiger partial charge in [0.15, 0.2) is 0 Å².